The van der Waals surface area contributed by atoms with Crippen LogP contribution in [0, 0.1) is 11.2 Å². The van der Waals surface area contributed by atoms with Crippen LogP contribution in [-0.2, 0) is 17.8 Å². The van der Waals surface area contributed by atoms with Crippen molar-refractivity contribution in [3.63, 3.8) is 0 Å². The Bertz CT molecular complexity index is 785. The van der Waals surface area contributed by atoms with Gasteiger partial charge < -0.3 is 15.3 Å². The second-order valence-electron chi connectivity index (χ2n) is 7.02. The number of amides is 2. The molecule has 0 spiro atoms. The number of nitrogens with zero attached hydrogens (tertiary/aromatic N) is 1. The van der Waals surface area contributed by atoms with Crippen molar-refractivity contribution in [1.29, 1.82) is 0 Å². The van der Waals surface area contributed by atoms with E-state index >= 15 is 0 Å². The molecule has 142 valence electrons. The van der Waals surface area contributed by atoms with Gasteiger partial charge >= 0.3 is 6.09 Å². The highest BCUT2D eigenvalue weighted by Gasteiger charge is 2.42. The fraction of sp³-hybridized carbons (Fsp3) is 0.333. The minimum atomic E-state index is -0.949. The van der Waals surface area contributed by atoms with Crippen molar-refractivity contribution in [1.82, 2.24) is 10.2 Å². The van der Waals surface area contributed by atoms with Gasteiger partial charge in [-0.25, -0.2) is 9.18 Å². The van der Waals surface area contributed by atoms with Crippen LogP contribution < -0.4 is 5.32 Å². The molecule has 6 heteroatoms. The van der Waals surface area contributed by atoms with Gasteiger partial charge in [0.25, 0.3) is 0 Å². The number of rotatable bonds is 5. The zero-order chi connectivity index (χ0) is 19.3. The van der Waals surface area contributed by atoms with E-state index in [4.69, 9.17) is 0 Å². The molecule has 2 N–H and O–H groups in total. The van der Waals surface area contributed by atoms with Gasteiger partial charge in [0.1, 0.15) is 5.82 Å². The quantitative estimate of drug-likeness (QED) is 0.847. The van der Waals surface area contributed by atoms with Gasteiger partial charge in [-0.2, -0.15) is 0 Å². The van der Waals surface area contributed by atoms with Gasteiger partial charge in [-0.15, -0.1) is 0 Å². The molecule has 1 heterocycles. The predicted molar refractivity (Wildman–Crippen MR) is 99.7 cm³/mol. The molecule has 0 radical (unpaired) electrons. The first-order valence-corrected chi connectivity index (χ1v) is 9.03. The van der Waals surface area contributed by atoms with Crippen molar-refractivity contribution in [3.8, 4) is 0 Å². The van der Waals surface area contributed by atoms with Crippen LogP contribution in [0.15, 0.2) is 54.6 Å². The summed E-state index contributed by atoms with van der Waals surface area (Å²) in [6, 6.07) is 15.8. The van der Waals surface area contributed by atoms with Crippen molar-refractivity contribution in [2.45, 2.75) is 25.8 Å². The van der Waals surface area contributed by atoms with Gasteiger partial charge in [0.05, 0.1) is 5.41 Å². The van der Waals surface area contributed by atoms with Crippen LogP contribution in [-0.4, -0.2) is 35.1 Å². The Labute approximate surface area is 157 Å². The number of halogens is 1. The maximum absolute atomic E-state index is 13.1. The first-order valence-electron chi connectivity index (χ1n) is 9.03. The lowest BCUT2D eigenvalue weighted by Crippen LogP contribution is -2.50. The summed E-state index contributed by atoms with van der Waals surface area (Å²) < 4.78 is 13.0. The first kappa shape index (κ1) is 18.9. The number of carbonyl (C=O) groups is 2. The van der Waals surface area contributed by atoms with E-state index in [-0.39, 0.29) is 11.7 Å². The molecule has 5 nitrogen and oxygen atoms in total. The fourth-order valence-corrected chi connectivity index (χ4v) is 3.57. The molecule has 2 aromatic rings. The molecule has 0 bridgehead atoms. The third kappa shape index (κ3) is 4.64. The molecule has 2 amide bonds. The Balaban J connectivity index is 1.73. The summed E-state index contributed by atoms with van der Waals surface area (Å²) in [5, 5.41) is 12.2. The number of nitrogens with one attached hydrogen (secondary N) is 1. The molecular weight excluding hydrogens is 347 g/mol. The van der Waals surface area contributed by atoms with Crippen molar-refractivity contribution in [3.05, 3.63) is 71.5 Å². The topological polar surface area (TPSA) is 69.6 Å². The molecule has 0 atom stereocenters. The van der Waals surface area contributed by atoms with Crippen molar-refractivity contribution >= 4 is 12.0 Å². The van der Waals surface area contributed by atoms with Gasteiger partial charge in [0, 0.05) is 19.6 Å². The summed E-state index contributed by atoms with van der Waals surface area (Å²) in [4.78, 5) is 25.7. The number of benzene rings is 2. The Morgan fingerprint density at radius 2 is 1.63 bits per heavy atom. The summed E-state index contributed by atoms with van der Waals surface area (Å²) in [5.41, 5.74) is 1.23. The number of carboxylic acid groups (broad SMARTS) is 1. The highest BCUT2D eigenvalue weighted by Crippen LogP contribution is 2.35. The molecule has 1 aliphatic heterocycles. The van der Waals surface area contributed by atoms with Crippen LogP contribution in [0.25, 0.3) is 0 Å². The summed E-state index contributed by atoms with van der Waals surface area (Å²) in [6.07, 6.45) is 0.568. The molecule has 0 saturated carbocycles. The summed E-state index contributed by atoms with van der Waals surface area (Å²) >= 11 is 0. The first-order chi connectivity index (χ1) is 13.0. The average molecular weight is 370 g/mol. The molecule has 0 aliphatic carbocycles. The second kappa shape index (κ2) is 8.20. The standard InChI is InChI=1S/C21H23FN2O3/c22-18-8-6-17(7-9-18)15-23-19(25)21(14-16-4-2-1-3-5-16)10-12-24(13-11-21)20(26)27/h1-9H,10-15H2,(H,23,25)(H,26,27). The third-order valence-electron chi connectivity index (χ3n) is 5.22. The van der Waals surface area contributed by atoms with Crippen molar-refractivity contribution in [2.24, 2.45) is 5.41 Å². The lowest BCUT2D eigenvalue weighted by Gasteiger charge is -2.40. The van der Waals surface area contributed by atoms with Gasteiger partial charge in [-0.1, -0.05) is 42.5 Å². The van der Waals surface area contributed by atoms with Crippen LogP contribution in [0.2, 0.25) is 0 Å². The van der Waals surface area contributed by atoms with Crippen LogP contribution in [0.5, 0.6) is 0 Å². The maximum atomic E-state index is 13.1. The molecule has 27 heavy (non-hydrogen) atoms. The van der Waals surface area contributed by atoms with Crippen molar-refractivity contribution in [2.75, 3.05) is 13.1 Å². The Hall–Kier alpha value is -2.89. The Kier molecular flexibility index (Phi) is 5.74. The Morgan fingerprint density at radius 3 is 2.22 bits per heavy atom. The summed E-state index contributed by atoms with van der Waals surface area (Å²) in [5.74, 6) is -0.396. The number of hydrogen-bond donors (Lipinski definition) is 2. The van der Waals surface area contributed by atoms with E-state index in [0.29, 0.717) is 38.9 Å². The normalized spacial score (nSPS) is 16.0. The highest BCUT2D eigenvalue weighted by molar-refractivity contribution is 5.83. The second-order valence-corrected chi connectivity index (χ2v) is 7.02. The molecule has 1 fully saturated rings. The minimum absolute atomic E-state index is 0.0827. The third-order valence-corrected chi connectivity index (χ3v) is 5.22. The number of likely N-dealkylation sites (tertiary alicyclic amines) is 1. The van der Waals surface area contributed by atoms with E-state index in [2.05, 4.69) is 5.32 Å². The molecular formula is C21H23FN2O3. The maximum Gasteiger partial charge on any atom is 0.407 e. The molecule has 1 aliphatic rings. The minimum Gasteiger partial charge on any atom is -0.465 e. The monoisotopic (exact) mass is 370 g/mol. The van der Waals surface area contributed by atoms with Crippen LogP contribution >= 0.6 is 0 Å². The van der Waals surface area contributed by atoms with E-state index < -0.39 is 11.5 Å². The zero-order valence-corrected chi connectivity index (χ0v) is 15.0. The largest absolute Gasteiger partial charge is 0.465 e. The number of carbonyl (C=O) groups excluding carboxylic acids is 1. The van der Waals surface area contributed by atoms with Crippen LogP contribution in [0.3, 0.4) is 0 Å². The van der Waals surface area contributed by atoms with E-state index in [9.17, 15) is 19.1 Å². The molecule has 0 aromatic heterocycles. The Morgan fingerprint density at radius 1 is 1.00 bits per heavy atom. The number of piperidine rings is 1. The van der Waals surface area contributed by atoms with Crippen molar-refractivity contribution < 1.29 is 19.1 Å². The van der Waals surface area contributed by atoms with E-state index in [1.165, 1.54) is 17.0 Å². The van der Waals surface area contributed by atoms with Gasteiger partial charge in [0.15, 0.2) is 0 Å². The van der Waals surface area contributed by atoms with E-state index in [1.54, 1.807) is 12.1 Å². The summed E-state index contributed by atoms with van der Waals surface area (Å²) in [6.45, 7) is 0.997. The average Bonchev–Trinajstić information content (AvgIpc) is 2.68. The SMILES string of the molecule is O=C(O)N1CCC(Cc2ccccc2)(C(=O)NCc2ccc(F)cc2)CC1. The fourth-order valence-electron chi connectivity index (χ4n) is 3.57. The van der Waals surface area contributed by atoms with E-state index in [0.717, 1.165) is 11.1 Å². The lowest BCUT2D eigenvalue weighted by atomic mass is 9.73. The van der Waals surface area contributed by atoms with E-state index in [1.807, 2.05) is 30.3 Å². The lowest BCUT2D eigenvalue weighted by molar-refractivity contribution is -0.133. The smallest absolute Gasteiger partial charge is 0.407 e. The number of hydrogen-bond acceptors (Lipinski definition) is 2. The highest BCUT2D eigenvalue weighted by atomic mass is 19.1. The molecule has 1 saturated heterocycles. The predicted octanol–water partition coefficient (Wildman–Crippen LogP) is 3.44. The van der Waals surface area contributed by atoms with Gasteiger partial charge in [-0.3, -0.25) is 4.79 Å². The molecule has 2 aromatic carbocycles. The van der Waals surface area contributed by atoms with Gasteiger partial charge in [0.2, 0.25) is 5.91 Å². The van der Waals surface area contributed by atoms with Crippen LogP contribution in [0.4, 0.5) is 9.18 Å². The van der Waals surface area contributed by atoms with Crippen LogP contribution in [0.1, 0.15) is 24.0 Å². The summed E-state index contributed by atoms with van der Waals surface area (Å²) in [7, 11) is 0. The van der Waals surface area contributed by atoms with Gasteiger partial charge in [-0.05, 0) is 42.5 Å². The molecule has 3 rings (SSSR count). The zero-order valence-electron chi connectivity index (χ0n) is 15.0. The molecule has 0 unspecified atom stereocenters.